The maximum Gasteiger partial charge on any atom is 0.240 e. The Morgan fingerprint density at radius 2 is 1.97 bits per heavy atom. The molecule has 1 aromatic heterocycles. The molecule has 1 aromatic carbocycles. The van der Waals surface area contributed by atoms with E-state index < -0.39 is 0 Å². The van der Waals surface area contributed by atoms with Gasteiger partial charge in [0.05, 0.1) is 31.6 Å². The van der Waals surface area contributed by atoms with Crippen LogP contribution < -0.4 is 0 Å². The van der Waals surface area contributed by atoms with E-state index in [2.05, 4.69) is 11.5 Å². The van der Waals surface area contributed by atoms with Crippen LogP contribution in [-0.4, -0.2) is 59.4 Å². The van der Waals surface area contributed by atoms with Crippen molar-refractivity contribution in [3.8, 4) is 0 Å². The average Bonchev–Trinajstić information content (AvgIpc) is 3.37. The molecular formula is C22H29N3O3S. The van der Waals surface area contributed by atoms with Crippen LogP contribution in [0.15, 0.2) is 35.5 Å². The molecule has 0 N–H and O–H groups in total. The number of aromatic nitrogens is 2. The van der Waals surface area contributed by atoms with Crippen LogP contribution in [0.25, 0.3) is 0 Å². The van der Waals surface area contributed by atoms with Gasteiger partial charge in [0.15, 0.2) is 5.16 Å². The summed E-state index contributed by atoms with van der Waals surface area (Å²) in [5, 5.41) is 0.574. The number of thioether (sulfide) groups is 1. The number of morpholine rings is 1. The standard InChI is InChI=1S/C22H29N3O3S/c1-16-17(2)25(15-19-9-6-12-28-19)22(23-16)29-20(18-7-4-3-5-8-18)21(26)24-10-13-27-14-11-24/h3-5,7-8,19-20H,6,9-15H2,1-2H3. The van der Waals surface area contributed by atoms with Crippen molar-refractivity contribution in [1.29, 1.82) is 0 Å². The quantitative estimate of drug-likeness (QED) is 0.677. The van der Waals surface area contributed by atoms with Crippen molar-refractivity contribution in [3.05, 3.63) is 47.3 Å². The van der Waals surface area contributed by atoms with Gasteiger partial charge in [0.25, 0.3) is 0 Å². The van der Waals surface area contributed by atoms with E-state index in [1.165, 1.54) is 0 Å². The third kappa shape index (κ3) is 4.68. The largest absolute Gasteiger partial charge is 0.378 e. The summed E-state index contributed by atoms with van der Waals surface area (Å²) in [7, 11) is 0. The maximum absolute atomic E-state index is 13.4. The zero-order valence-electron chi connectivity index (χ0n) is 17.2. The Kier molecular flexibility index (Phi) is 6.57. The van der Waals surface area contributed by atoms with Crippen LogP contribution in [0.5, 0.6) is 0 Å². The lowest BCUT2D eigenvalue weighted by atomic mass is 10.1. The van der Waals surface area contributed by atoms with Gasteiger partial charge in [0.1, 0.15) is 5.25 Å². The van der Waals surface area contributed by atoms with Crippen LogP contribution in [0, 0.1) is 13.8 Å². The number of imidazole rings is 1. The van der Waals surface area contributed by atoms with Crippen molar-refractivity contribution >= 4 is 17.7 Å². The van der Waals surface area contributed by atoms with Crippen molar-refractivity contribution in [2.45, 2.75) is 49.7 Å². The molecule has 0 radical (unpaired) electrons. The SMILES string of the molecule is Cc1nc(SC(C(=O)N2CCOCC2)c2ccccc2)n(CC2CCCO2)c1C. The normalized spacial score (nSPS) is 20.8. The molecule has 7 heteroatoms. The van der Waals surface area contributed by atoms with E-state index in [1.807, 2.05) is 42.2 Å². The highest BCUT2D eigenvalue weighted by atomic mass is 32.2. The molecule has 2 fully saturated rings. The van der Waals surface area contributed by atoms with Crippen LogP contribution >= 0.6 is 11.8 Å². The minimum Gasteiger partial charge on any atom is -0.378 e. The summed E-state index contributed by atoms with van der Waals surface area (Å²) in [4.78, 5) is 20.2. The van der Waals surface area contributed by atoms with E-state index in [-0.39, 0.29) is 17.3 Å². The Hall–Kier alpha value is -1.83. The summed E-state index contributed by atoms with van der Waals surface area (Å²) in [5.41, 5.74) is 3.17. The van der Waals surface area contributed by atoms with E-state index in [1.54, 1.807) is 11.8 Å². The number of nitrogens with zero attached hydrogens (tertiary/aromatic N) is 3. The van der Waals surface area contributed by atoms with Gasteiger partial charge >= 0.3 is 0 Å². The molecule has 156 valence electrons. The lowest BCUT2D eigenvalue weighted by molar-refractivity contribution is -0.134. The Morgan fingerprint density at radius 3 is 2.66 bits per heavy atom. The van der Waals surface area contributed by atoms with Gasteiger partial charge in [-0.05, 0) is 32.3 Å². The van der Waals surface area contributed by atoms with Gasteiger partial charge in [-0.25, -0.2) is 4.98 Å². The number of hydrogen-bond donors (Lipinski definition) is 0. The third-order valence-electron chi connectivity index (χ3n) is 5.71. The Balaban J connectivity index is 1.62. The number of rotatable bonds is 6. The number of amides is 1. The highest BCUT2D eigenvalue weighted by Crippen LogP contribution is 2.37. The predicted molar refractivity (Wildman–Crippen MR) is 113 cm³/mol. The Labute approximate surface area is 176 Å². The molecule has 2 unspecified atom stereocenters. The lowest BCUT2D eigenvalue weighted by Gasteiger charge is -2.30. The van der Waals surface area contributed by atoms with Crippen LogP contribution in [0.4, 0.5) is 0 Å². The highest BCUT2D eigenvalue weighted by Gasteiger charge is 2.30. The molecule has 2 aliphatic heterocycles. The summed E-state index contributed by atoms with van der Waals surface area (Å²) >= 11 is 1.55. The number of carbonyl (C=O) groups excluding carboxylic acids is 1. The number of ether oxygens (including phenoxy) is 2. The fraction of sp³-hybridized carbons (Fsp3) is 0.545. The van der Waals surface area contributed by atoms with Gasteiger partial charge in [0, 0.05) is 25.4 Å². The fourth-order valence-electron chi connectivity index (χ4n) is 3.86. The second-order valence-corrected chi connectivity index (χ2v) is 8.73. The zero-order valence-corrected chi connectivity index (χ0v) is 18.0. The molecule has 6 nitrogen and oxygen atoms in total. The molecule has 29 heavy (non-hydrogen) atoms. The molecule has 0 bridgehead atoms. The van der Waals surface area contributed by atoms with E-state index >= 15 is 0 Å². The molecule has 0 saturated carbocycles. The molecule has 0 aliphatic carbocycles. The number of aryl methyl sites for hydroxylation is 1. The lowest BCUT2D eigenvalue weighted by Crippen LogP contribution is -2.42. The van der Waals surface area contributed by atoms with Crippen molar-refractivity contribution in [2.24, 2.45) is 0 Å². The van der Waals surface area contributed by atoms with Gasteiger partial charge in [-0.2, -0.15) is 0 Å². The fourth-order valence-corrected chi connectivity index (χ4v) is 5.15. The number of hydrogen-bond acceptors (Lipinski definition) is 5. The number of carbonyl (C=O) groups is 1. The Bertz CT molecular complexity index is 827. The van der Waals surface area contributed by atoms with Crippen molar-refractivity contribution in [1.82, 2.24) is 14.5 Å². The second-order valence-electron chi connectivity index (χ2n) is 7.66. The molecule has 3 heterocycles. The van der Waals surface area contributed by atoms with E-state index in [0.29, 0.717) is 26.3 Å². The number of benzene rings is 1. The van der Waals surface area contributed by atoms with Crippen LogP contribution in [-0.2, 0) is 20.8 Å². The minimum absolute atomic E-state index is 0.131. The van der Waals surface area contributed by atoms with Gasteiger partial charge < -0.3 is 18.9 Å². The third-order valence-corrected chi connectivity index (χ3v) is 6.94. The molecule has 2 saturated heterocycles. The van der Waals surface area contributed by atoms with E-state index in [0.717, 1.165) is 48.1 Å². The summed E-state index contributed by atoms with van der Waals surface area (Å²) in [6.07, 6.45) is 2.42. The summed E-state index contributed by atoms with van der Waals surface area (Å²) in [5.74, 6) is 0.131. The first-order valence-corrected chi connectivity index (χ1v) is 11.2. The molecule has 1 amide bonds. The van der Waals surface area contributed by atoms with Gasteiger partial charge in [0.2, 0.25) is 5.91 Å². The smallest absolute Gasteiger partial charge is 0.240 e. The molecule has 2 aliphatic rings. The van der Waals surface area contributed by atoms with Crippen molar-refractivity contribution < 1.29 is 14.3 Å². The highest BCUT2D eigenvalue weighted by molar-refractivity contribution is 8.00. The first-order valence-electron chi connectivity index (χ1n) is 10.4. The summed E-state index contributed by atoms with van der Waals surface area (Å²) < 4.78 is 13.5. The van der Waals surface area contributed by atoms with Gasteiger partial charge in [-0.1, -0.05) is 42.1 Å². The molecular weight excluding hydrogens is 386 g/mol. The van der Waals surface area contributed by atoms with Crippen molar-refractivity contribution in [3.63, 3.8) is 0 Å². The molecule has 4 rings (SSSR count). The summed E-state index contributed by atoms with van der Waals surface area (Å²) in [6.45, 7) is 8.25. The monoisotopic (exact) mass is 415 g/mol. The van der Waals surface area contributed by atoms with Gasteiger partial charge in [-0.3, -0.25) is 4.79 Å². The van der Waals surface area contributed by atoms with Crippen molar-refractivity contribution in [2.75, 3.05) is 32.9 Å². The molecule has 2 aromatic rings. The Morgan fingerprint density at radius 1 is 1.21 bits per heavy atom. The van der Waals surface area contributed by atoms with E-state index in [9.17, 15) is 4.79 Å². The topological polar surface area (TPSA) is 56.6 Å². The van der Waals surface area contributed by atoms with Crippen LogP contribution in [0.1, 0.15) is 35.0 Å². The molecule has 2 atom stereocenters. The van der Waals surface area contributed by atoms with E-state index in [4.69, 9.17) is 14.5 Å². The predicted octanol–water partition coefficient (Wildman–Crippen LogP) is 3.37. The first kappa shape index (κ1) is 20.4. The van der Waals surface area contributed by atoms with Crippen LogP contribution in [0.3, 0.4) is 0 Å². The van der Waals surface area contributed by atoms with Crippen LogP contribution in [0.2, 0.25) is 0 Å². The average molecular weight is 416 g/mol. The minimum atomic E-state index is -0.321. The zero-order chi connectivity index (χ0) is 20.2. The first-order chi connectivity index (χ1) is 14.1. The maximum atomic E-state index is 13.4. The molecule has 0 spiro atoms. The second kappa shape index (κ2) is 9.32. The summed E-state index contributed by atoms with van der Waals surface area (Å²) in [6, 6.07) is 10.0. The van der Waals surface area contributed by atoms with Gasteiger partial charge in [-0.15, -0.1) is 0 Å².